The fourth-order valence-electron chi connectivity index (χ4n) is 2.06. The summed E-state index contributed by atoms with van der Waals surface area (Å²) < 4.78 is 1.87. The summed E-state index contributed by atoms with van der Waals surface area (Å²) in [5.74, 6) is 1.38. The van der Waals surface area contributed by atoms with Crippen LogP contribution in [0.15, 0.2) is 0 Å². The lowest BCUT2D eigenvalue weighted by Crippen LogP contribution is -2.53. The lowest BCUT2D eigenvalue weighted by atomic mass is 9.94. The Bertz CT molecular complexity index is 429. The van der Waals surface area contributed by atoms with Gasteiger partial charge in [-0.25, -0.2) is 4.98 Å². The van der Waals surface area contributed by atoms with E-state index in [-0.39, 0.29) is 5.91 Å². The van der Waals surface area contributed by atoms with Gasteiger partial charge in [0.25, 0.3) is 0 Å². The van der Waals surface area contributed by atoms with Gasteiger partial charge in [-0.05, 0) is 46.6 Å². The highest BCUT2D eigenvalue weighted by Crippen LogP contribution is 2.13. The number of nitrogens with one attached hydrogen (secondary N) is 1. The summed E-state index contributed by atoms with van der Waals surface area (Å²) in [5.41, 5.74) is 4.85. The molecule has 1 unspecified atom stereocenters. The molecule has 1 heterocycles. The zero-order valence-corrected chi connectivity index (χ0v) is 12.4. The largest absolute Gasteiger partial charge is 0.368 e. The molecule has 0 radical (unpaired) electrons. The smallest absolute Gasteiger partial charge is 0.237 e. The zero-order chi connectivity index (χ0) is 14.5. The molecule has 108 valence electrons. The van der Waals surface area contributed by atoms with Crippen molar-refractivity contribution in [2.75, 3.05) is 6.54 Å². The van der Waals surface area contributed by atoms with E-state index in [0.717, 1.165) is 37.6 Å². The average Bonchev–Trinajstić information content (AvgIpc) is 2.65. The quantitative estimate of drug-likeness (QED) is 0.733. The molecule has 0 aromatic carbocycles. The van der Waals surface area contributed by atoms with E-state index in [0.29, 0.717) is 6.42 Å². The number of carbonyl (C=O) groups excluding carboxylic acids is 1. The van der Waals surface area contributed by atoms with E-state index in [2.05, 4.69) is 22.3 Å². The van der Waals surface area contributed by atoms with Crippen LogP contribution in [0.4, 0.5) is 0 Å². The molecular weight excluding hydrogens is 242 g/mol. The minimum Gasteiger partial charge on any atom is -0.368 e. The molecule has 0 aliphatic heterocycles. The van der Waals surface area contributed by atoms with Crippen LogP contribution in [0.1, 0.15) is 44.8 Å². The topological polar surface area (TPSA) is 85.8 Å². The predicted molar refractivity (Wildman–Crippen MR) is 74.6 cm³/mol. The highest BCUT2D eigenvalue weighted by molar-refractivity contribution is 5.84. The lowest BCUT2D eigenvalue weighted by Gasteiger charge is -2.27. The van der Waals surface area contributed by atoms with Gasteiger partial charge in [-0.2, -0.15) is 5.10 Å². The molecule has 1 amide bonds. The van der Waals surface area contributed by atoms with E-state index in [4.69, 9.17) is 5.73 Å². The Labute approximate surface area is 114 Å². The van der Waals surface area contributed by atoms with Gasteiger partial charge in [0.1, 0.15) is 11.6 Å². The second-order valence-electron chi connectivity index (χ2n) is 5.16. The van der Waals surface area contributed by atoms with Gasteiger partial charge < -0.3 is 11.1 Å². The van der Waals surface area contributed by atoms with Crippen LogP contribution in [0.2, 0.25) is 0 Å². The number of amides is 1. The van der Waals surface area contributed by atoms with Crippen molar-refractivity contribution in [1.29, 1.82) is 0 Å². The molecule has 1 aromatic heterocycles. The van der Waals surface area contributed by atoms with Crippen molar-refractivity contribution in [2.45, 2.75) is 59.0 Å². The molecule has 0 aliphatic carbocycles. The Balaban J connectivity index is 2.53. The Morgan fingerprint density at radius 1 is 1.47 bits per heavy atom. The maximum absolute atomic E-state index is 11.6. The van der Waals surface area contributed by atoms with Crippen LogP contribution in [-0.2, 0) is 11.3 Å². The number of carbonyl (C=O) groups is 1. The number of rotatable bonds is 8. The molecule has 0 aliphatic rings. The number of aryl methyl sites for hydroxylation is 3. The van der Waals surface area contributed by atoms with Gasteiger partial charge in [0.15, 0.2) is 0 Å². The summed E-state index contributed by atoms with van der Waals surface area (Å²) in [6.45, 7) is 9.28. The lowest BCUT2D eigenvalue weighted by molar-refractivity contribution is -0.124. The van der Waals surface area contributed by atoms with Crippen LogP contribution in [0, 0.1) is 13.8 Å². The first kappa shape index (κ1) is 15.6. The molecule has 19 heavy (non-hydrogen) atoms. The summed E-state index contributed by atoms with van der Waals surface area (Å²) in [7, 11) is 0. The molecule has 6 heteroatoms. The van der Waals surface area contributed by atoms with Crippen molar-refractivity contribution in [1.82, 2.24) is 20.1 Å². The maximum atomic E-state index is 11.6. The molecule has 6 nitrogen and oxygen atoms in total. The monoisotopic (exact) mass is 267 g/mol. The molecular formula is C13H25N5O. The third-order valence-electron chi connectivity index (χ3n) is 3.32. The first-order valence-electron chi connectivity index (χ1n) is 6.82. The molecule has 1 aromatic rings. The van der Waals surface area contributed by atoms with E-state index in [1.165, 1.54) is 0 Å². The van der Waals surface area contributed by atoms with Gasteiger partial charge in [-0.1, -0.05) is 6.92 Å². The zero-order valence-electron chi connectivity index (χ0n) is 12.4. The molecule has 3 N–H and O–H groups in total. The molecule has 1 atom stereocenters. The van der Waals surface area contributed by atoms with Crippen LogP contribution in [0.3, 0.4) is 0 Å². The minimum absolute atomic E-state index is 0.299. The van der Waals surface area contributed by atoms with Crippen molar-refractivity contribution < 1.29 is 4.79 Å². The van der Waals surface area contributed by atoms with Gasteiger partial charge in [0.2, 0.25) is 5.91 Å². The summed E-state index contributed by atoms with van der Waals surface area (Å²) in [6.07, 6.45) is 2.50. The number of nitrogens with two attached hydrogens (primary N) is 1. The summed E-state index contributed by atoms with van der Waals surface area (Å²) in [6, 6.07) is 0. The summed E-state index contributed by atoms with van der Waals surface area (Å²) >= 11 is 0. The number of aromatic nitrogens is 3. The number of nitrogens with zero attached hydrogens (tertiary/aromatic N) is 3. The highest BCUT2D eigenvalue weighted by Gasteiger charge is 2.29. The van der Waals surface area contributed by atoms with Gasteiger partial charge >= 0.3 is 0 Å². The molecule has 0 saturated heterocycles. The van der Waals surface area contributed by atoms with E-state index in [1.54, 1.807) is 0 Å². The Kier molecular flexibility index (Phi) is 5.47. The first-order valence-corrected chi connectivity index (χ1v) is 6.82. The van der Waals surface area contributed by atoms with E-state index >= 15 is 0 Å². The van der Waals surface area contributed by atoms with E-state index in [1.807, 2.05) is 25.5 Å². The first-order chi connectivity index (χ1) is 8.89. The van der Waals surface area contributed by atoms with Crippen molar-refractivity contribution in [3.63, 3.8) is 0 Å². The van der Waals surface area contributed by atoms with Crippen LogP contribution >= 0.6 is 0 Å². The normalized spacial score (nSPS) is 14.3. The highest BCUT2D eigenvalue weighted by atomic mass is 16.1. The van der Waals surface area contributed by atoms with Crippen molar-refractivity contribution >= 4 is 5.91 Å². The summed E-state index contributed by atoms with van der Waals surface area (Å²) in [4.78, 5) is 15.8. The van der Waals surface area contributed by atoms with E-state index in [9.17, 15) is 4.79 Å². The molecule has 0 bridgehead atoms. The standard InChI is InChI=1S/C13H25N5O/c1-5-8-15-13(4,12(14)19)7-6-9-18-11(3)16-10(2)17-18/h15H,5-9H2,1-4H3,(H2,14,19). The van der Waals surface area contributed by atoms with Crippen molar-refractivity contribution in [3.05, 3.63) is 11.6 Å². The van der Waals surface area contributed by atoms with Crippen LogP contribution in [0.25, 0.3) is 0 Å². The van der Waals surface area contributed by atoms with Crippen molar-refractivity contribution in [3.8, 4) is 0 Å². The van der Waals surface area contributed by atoms with E-state index < -0.39 is 5.54 Å². The van der Waals surface area contributed by atoms with Gasteiger partial charge in [0, 0.05) is 6.54 Å². The van der Waals surface area contributed by atoms with Gasteiger partial charge in [-0.3, -0.25) is 9.48 Å². The predicted octanol–water partition coefficient (Wildman–Crippen LogP) is 0.919. The van der Waals surface area contributed by atoms with Crippen LogP contribution < -0.4 is 11.1 Å². The average molecular weight is 267 g/mol. The molecule has 1 rings (SSSR count). The minimum atomic E-state index is -0.639. The molecule has 0 fully saturated rings. The second-order valence-corrected chi connectivity index (χ2v) is 5.16. The summed E-state index contributed by atoms with van der Waals surface area (Å²) in [5, 5.41) is 7.54. The van der Waals surface area contributed by atoms with Crippen LogP contribution in [0.5, 0.6) is 0 Å². The number of primary amides is 1. The Morgan fingerprint density at radius 3 is 2.63 bits per heavy atom. The Hall–Kier alpha value is -1.43. The Morgan fingerprint density at radius 2 is 2.16 bits per heavy atom. The third kappa shape index (κ3) is 4.31. The number of hydrogen-bond donors (Lipinski definition) is 2. The van der Waals surface area contributed by atoms with Crippen LogP contribution in [-0.4, -0.2) is 32.8 Å². The van der Waals surface area contributed by atoms with Gasteiger partial charge in [-0.15, -0.1) is 0 Å². The maximum Gasteiger partial charge on any atom is 0.237 e. The van der Waals surface area contributed by atoms with Gasteiger partial charge in [0.05, 0.1) is 5.54 Å². The fourth-order valence-corrected chi connectivity index (χ4v) is 2.06. The fraction of sp³-hybridized carbons (Fsp3) is 0.769. The van der Waals surface area contributed by atoms with Crippen molar-refractivity contribution in [2.24, 2.45) is 5.73 Å². The molecule has 0 spiro atoms. The third-order valence-corrected chi connectivity index (χ3v) is 3.32. The number of hydrogen-bond acceptors (Lipinski definition) is 4. The SMILES string of the molecule is CCCNC(C)(CCCn1nc(C)nc1C)C(N)=O. The second kappa shape index (κ2) is 6.65. The molecule has 0 saturated carbocycles.